The fourth-order valence-corrected chi connectivity index (χ4v) is 4.19. The zero-order valence-corrected chi connectivity index (χ0v) is 11.7. The Kier molecular flexibility index (Phi) is 2.63. The maximum absolute atomic E-state index is 9.74. The summed E-state index contributed by atoms with van der Waals surface area (Å²) in [6.07, 6.45) is 5.38. The van der Waals surface area contributed by atoms with Crippen molar-refractivity contribution < 1.29 is 5.11 Å². The molecule has 0 amide bonds. The zero-order chi connectivity index (χ0) is 13.0. The van der Waals surface area contributed by atoms with Gasteiger partial charge in [0.2, 0.25) is 0 Å². The molecule has 1 saturated heterocycles. The Morgan fingerprint density at radius 1 is 1.32 bits per heavy atom. The molecule has 2 heteroatoms. The molecule has 1 aromatic carbocycles. The molecule has 1 heterocycles. The van der Waals surface area contributed by atoms with Gasteiger partial charge < -0.3 is 5.11 Å². The Labute approximate surface area is 115 Å². The minimum absolute atomic E-state index is 0.435. The van der Waals surface area contributed by atoms with E-state index in [1.165, 1.54) is 49.9 Å². The molecule has 19 heavy (non-hydrogen) atoms. The highest BCUT2D eigenvalue weighted by Crippen LogP contribution is 2.45. The van der Waals surface area contributed by atoms with Crippen LogP contribution in [0.5, 0.6) is 5.75 Å². The Balaban J connectivity index is 1.64. The van der Waals surface area contributed by atoms with Gasteiger partial charge in [0.25, 0.3) is 0 Å². The van der Waals surface area contributed by atoms with Gasteiger partial charge in [0.05, 0.1) is 0 Å². The van der Waals surface area contributed by atoms with Crippen LogP contribution in [0.1, 0.15) is 43.2 Å². The third-order valence-electron chi connectivity index (χ3n) is 5.43. The van der Waals surface area contributed by atoms with Gasteiger partial charge in [0, 0.05) is 19.1 Å². The van der Waals surface area contributed by atoms with Crippen molar-refractivity contribution in [3.8, 4) is 5.75 Å². The van der Waals surface area contributed by atoms with E-state index in [4.69, 9.17) is 0 Å². The van der Waals surface area contributed by atoms with Crippen LogP contribution in [-0.2, 0) is 6.42 Å². The Hall–Kier alpha value is -1.02. The predicted molar refractivity (Wildman–Crippen MR) is 76.4 cm³/mol. The average molecular weight is 257 g/mol. The molecule has 102 valence electrons. The summed E-state index contributed by atoms with van der Waals surface area (Å²) >= 11 is 0. The first-order chi connectivity index (χ1) is 9.20. The molecule has 2 bridgehead atoms. The van der Waals surface area contributed by atoms with Crippen molar-refractivity contribution in [1.82, 2.24) is 4.90 Å². The Morgan fingerprint density at radius 3 is 2.95 bits per heavy atom. The number of aromatic hydroxyl groups is 1. The highest BCUT2D eigenvalue weighted by Gasteiger charge is 2.40. The lowest BCUT2D eigenvalue weighted by molar-refractivity contribution is 0.0824. The lowest BCUT2D eigenvalue weighted by Crippen LogP contribution is -2.50. The van der Waals surface area contributed by atoms with Gasteiger partial charge >= 0.3 is 0 Å². The molecule has 4 rings (SSSR count). The fraction of sp³-hybridized carbons (Fsp3) is 0.647. The number of phenols is 1. The number of phenolic OH excluding ortho intramolecular Hbond substituents is 1. The van der Waals surface area contributed by atoms with Gasteiger partial charge in [-0.2, -0.15) is 0 Å². The van der Waals surface area contributed by atoms with Gasteiger partial charge in [0.15, 0.2) is 0 Å². The van der Waals surface area contributed by atoms with Crippen LogP contribution >= 0.6 is 0 Å². The first-order valence-electron chi connectivity index (χ1n) is 7.76. The van der Waals surface area contributed by atoms with Gasteiger partial charge in [0.1, 0.15) is 5.75 Å². The number of rotatable bonds is 2. The molecule has 1 saturated carbocycles. The summed E-state index contributed by atoms with van der Waals surface area (Å²) < 4.78 is 0. The molecule has 1 aromatic rings. The van der Waals surface area contributed by atoms with Crippen LogP contribution in [0.2, 0.25) is 0 Å². The number of fused-ring (bicyclic) bond motifs is 4. The topological polar surface area (TPSA) is 23.5 Å². The van der Waals surface area contributed by atoms with E-state index in [0.29, 0.717) is 11.7 Å². The van der Waals surface area contributed by atoms with E-state index in [1.807, 2.05) is 12.1 Å². The van der Waals surface area contributed by atoms with E-state index >= 15 is 0 Å². The van der Waals surface area contributed by atoms with E-state index in [-0.39, 0.29) is 0 Å². The SMILES string of the molecule is C[C@H]1CN(CC2CC2)[C@@H]2Cc3ccc(O)cc3[C@H]1C2. The first kappa shape index (κ1) is 11.8. The normalized spacial score (nSPS) is 34.1. The third kappa shape index (κ3) is 2.06. The second-order valence-electron chi connectivity index (χ2n) is 6.96. The molecule has 2 fully saturated rings. The van der Waals surface area contributed by atoms with Crippen molar-refractivity contribution in [1.29, 1.82) is 0 Å². The Morgan fingerprint density at radius 2 is 2.16 bits per heavy atom. The molecule has 1 N–H and O–H groups in total. The second kappa shape index (κ2) is 4.24. The largest absolute Gasteiger partial charge is 0.508 e. The minimum atomic E-state index is 0.435. The van der Waals surface area contributed by atoms with E-state index in [9.17, 15) is 5.11 Å². The van der Waals surface area contributed by atoms with Crippen LogP contribution in [0, 0.1) is 11.8 Å². The number of hydrogen-bond acceptors (Lipinski definition) is 2. The zero-order valence-electron chi connectivity index (χ0n) is 11.7. The van der Waals surface area contributed by atoms with Crippen LogP contribution < -0.4 is 0 Å². The van der Waals surface area contributed by atoms with E-state index in [0.717, 1.165) is 17.9 Å². The summed E-state index contributed by atoms with van der Waals surface area (Å²) in [4.78, 5) is 2.76. The quantitative estimate of drug-likeness (QED) is 0.879. The molecule has 2 nitrogen and oxygen atoms in total. The number of nitrogens with zero attached hydrogens (tertiary/aromatic N) is 1. The third-order valence-corrected chi connectivity index (χ3v) is 5.43. The smallest absolute Gasteiger partial charge is 0.115 e. The fourth-order valence-electron chi connectivity index (χ4n) is 4.19. The summed E-state index contributed by atoms with van der Waals surface area (Å²) in [5.41, 5.74) is 2.90. The minimum Gasteiger partial charge on any atom is -0.508 e. The summed E-state index contributed by atoms with van der Waals surface area (Å²) in [7, 11) is 0. The maximum atomic E-state index is 9.74. The predicted octanol–water partition coefficient (Wildman–Crippen LogP) is 3.15. The molecule has 0 aromatic heterocycles. The lowest BCUT2D eigenvalue weighted by Gasteiger charge is -2.47. The number of piperidine rings is 1. The second-order valence-corrected chi connectivity index (χ2v) is 6.96. The van der Waals surface area contributed by atoms with Crippen molar-refractivity contribution in [3.63, 3.8) is 0 Å². The molecular formula is C17H23NO. The molecule has 0 unspecified atom stereocenters. The standard InChI is InChI=1S/C17H23NO/c1-11-9-18(10-12-2-3-12)14-6-13-4-5-15(19)8-17(13)16(11)7-14/h4-5,8,11-12,14,16,19H,2-3,6-7,9-10H2,1H3/t11-,14+,16-/m0/s1. The van der Waals surface area contributed by atoms with Crippen molar-refractivity contribution in [2.75, 3.05) is 13.1 Å². The number of hydrogen-bond donors (Lipinski definition) is 1. The van der Waals surface area contributed by atoms with Crippen molar-refractivity contribution >= 4 is 0 Å². The van der Waals surface area contributed by atoms with Crippen LogP contribution in [-0.4, -0.2) is 29.1 Å². The number of benzene rings is 1. The van der Waals surface area contributed by atoms with Gasteiger partial charge in [-0.3, -0.25) is 4.90 Å². The van der Waals surface area contributed by atoms with Crippen LogP contribution in [0.15, 0.2) is 18.2 Å². The summed E-state index contributed by atoms with van der Waals surface area (Å²) in [5.74, 6) is 2.81. The van der Waals surface area contributed by atoms with Crippen LogP contribution in [0.3, 0.4) is 0 Å². The monoisotopic (exact) mass is 257 g/mol. The van der Waals surface area contributed by atoms with Crippen molar-refractivity contribution in [2.24, 2.45) is 11.8 Å². The lowest BCUT2D eigenvalue weighted by atomic mass is 9.70. The molecule has 3 atom stereocenters. The maximum Gasteiger partial charge on any atom is 0.115 e. The van der Waals surface area contributed by atoms with E-state index in [1.54, 1.807) is 0 Å². The highest BCUT2D eigenvalue weighted by atomic mass is 16.3. The van der Waals surface area contributed by atoms with Gasteiger partial charge in [-0.15, -0.1) is 0 Å². The summed E-state index contributed by atoms with van der Waals surface area (Å²) in [6.45, 7) is 4.97. The van der Waals surface area contributed by atoms with Crippen molar-refractivity contribution in [3.05, 3.63) is 29.3 Å². The van der Waals surface area contributed by atoms with Crippen molar-refractivity contribution in [2.45, 2.75) is 44.6 Å². The summed E-state index contributed by atoms with van der Waals surface area (Å²) in [5, 5.41) is 9.74. The highest BCUT2D eigenvalue weighted by molar-refractivity contribution is 5.40. The van der Waals surface area contributed by atoms with Gasteiger partial charge in [-0.25, -0.2) is 0 Å². The van der Waals surface area contributed by atoms with Crippen LogP contribution in [0.4, 0.5) is 0 Å². The molecule has 1 aliphatic heterocycles. The van der Waals surface area contributed by atoms with Crippen LogP contribution in [0.25, 0.3) is 0 Å². The molecule has 0 spiro atoms. The Bertz CT molecular complexity index is 494. The summed E-state index contributed by atoms with van der Waals surface area (Å²) in [6, 6.07) is 6.77. The van der Waals surface area contributed by atoms with E-state index < -0.39 is 0 Å². The average Bonchev–Trinajstić information content (AvgIpc) is 3.19. The first-order valence-corrected chi connectivity index (χ1v) is 7.76. The number of likely N-dealkylation sites (tertiary alicyclic amines) is 1. The van der Waals surface area contributed by atoms with Gasteiger partial charge in [-0.05, 0) is 66.7 Å². The molecule has 3 aliphatic rings. The van der Waals surface area contributed by atoms with E-state index in [2.05, 4.69) is 17.9 Å². The molecule has 2 aliphatic carbocycles. The molecule has 0 radical (unpaired) electrons. The van der Waals surface area contributed by atoms with Gasteiger partial charge in [-0.1, -0.05) is 13.0 Å². The molecular weight excluding hydrogens is 234 g/mol.